The summed E-state index contributed by atoms with van der Waals surface area (Å²) in [6.45, 7) is 5.98. The molecule has 2 bridgehead atoms. The number of carbonyl (C=O) groups is 5. The quantitative estimate of drug-likeness (QED) is 0.0772. The van der Waals surface area contributed by atoms with E-state index < -0.39 is 138 Å². The average molecular weight is 944 g/mol. The minimum Gasteiger partial charge on any atom is -0.456 e. The first-order chi connectivity index (χ1) is 32.2. The van der Waals surface area contributed by atoms with Gasteiger partial charge in [-0.2, -0.15) is 0 Å². The van der Waals surface area contributed by atoms with Crippen LogP contribution in [0.3, 0.4) is 0 Å². The molecule has 3 aromatic rings. The molecule has 2 heterocycles. The van der Waals surface area contributed by atoms with E-state index in [2.05, 4.69) is 5.32 Å². The van der Waals surface area contributed by atoms with Crippen molar-refractivity contribution in [1.82, 2.24) is 5.32 Å². The monoisotopic (exact) mass is 943 g/mol. The lowest BCUT2D eigenvalue weighted by atomic mass is 9.44. The van der Waals surface area contributed by atoms with Crippen LogP contribution in [0, 0.1) is 16.7 Å². The van der Waals surface area contributed by atoms with E-state index in [1.165, 1.54) is 39.8 Å². The lowest BCUT2D eigenvalue weighted by Crippen LogP contribution is -2.82. The van der Waals surface area contributed by atoms with E-state index >= 15 is 4.79 Å². The molecule has 0 aromatic heterocycles. The highest BCUT2D eigenvalue weighted by Crippen LogP contribution is 2.65. The molecule has 3 aromatic carbocycles. The summed E-state index contributed by atoms with van der Waals surface area (Å²) in [5.41, 5.74) is -7.60. The predicted molar refractivity (Wildman–Crippen MR) is 235 cm³/mol. The van der Waals surface area contributed by atoms with Crippen LogP contribution in [-0.2, 0) is 42.8 Å². The van der Waals surface area contributed by atoms with Gasteiger partial charge in [0, 0.05) is 30.7 Å². The van der Waals surface area contributed by atoms with E-state index in [4.69, 9.17) is 28.4 Å². The van der Waals surface area contributed by atoms with Crippen LogP contribution in [0.2, 0.25) is 0 Å². The third kappa shape index (κ3) is 8.04. The zero-order valence-electron chi connectivity index (χ0n) is 38.1. The number of esters is 3. The van der Waals surface area contributed by atoms with Crippen molar-refractivity contribution in [3.8, 4) is 0 Å². The fourth-order valence-electron chi connectivity index (χ4n) is 11.3. The number of hydrogen-bond donors (Lipinski definition) is 7. The van der Waals surface area contributed by atoms with Gasteiger partial charge in [0.1, 0.15) is 48.3 Å². The Morgan fingerprint density at radius 2 is 1.47 bits per heavy atom. The fourth-order valence-corrected chi connectivity index (χ4v) is 11.3. The van der Waals surface area contributed by atoms with Gasteiger partial charge in [0.2, 0.25) is 0 Å². The van der Waals surface area contributed by atoms with Crippen LogP contribution >= 0.6 is 0 Å². The molecule has 3 aliphatic carbocycles. The molecule has 0 radical (unpaired) electrons. The minimum absolute atomic E-state index is 0.0282. The third-order valence-electron chi connectivity index (χ3n) is 15.0. The molecule has 8 rings (SSSR count). The van der Waals surface area contributed by atoms with E-state index in [9.17, 15) is 49.8 Å². The van der Waals surface area contributed by atoms with Crippen LogP contribution in [0.4, 0.5) is 0 Å². The first-order valence-electron chi connectivity index (χ1n) is 22.5. The van der Waals surface area contributed by atoms with Gasteiger partial charge in [-0.15, -0.1) is 0 Å². The van der Waals surface area contributed by atoms with Crippen molar-refractivity contribution in [2.45, 2.75) is 126 Å². The van der Waals surface area contributed by atoms with E-state index in [0.29, 0.717) is 5.56 Å². The molecule has 2 saturated heterocycles. The van der Waals surface area contributed by atoms with Crippen molar-refractivity contribution >= 4 is 29.6 Å². The Bertz CT molecular complexity index is 2430. The number of benzene rings is 3. The average Bonchev–Trinajstić information content (AvgIpc) is 3.59. The Morgan fingerprint density at radius 1 is 0.868 bits per heavy atom. The Labute approximate surface area is 391 Å². The van der Waals surface area contributed by atoms with Gasteiger partial charge in [-0.05, 0) is 54.8 Å². The van der Waals surface area contributed by atoms with Crippen LogP contribution in [-0.4, -0.2) is 146 Å². The van der Waals surface area contributed by atoms with Crippen molar-refractivity contribution < 1.29 is 83.0 Å². The number of amides is 1. The standard InChI is InChI=1S/C50H57NO17/c1-25-30(64-45(61)38(56)35(27-15-9-6-10-16-27)51-43(59)28-17-11-7-12-18-28)22-50(62)42(67-44(60)29-19-13-8-14-20-29)40-48(5,41(58)37(55)34(25)47(50,3)4)32(21-33-49(40,24-63-33)68-26(2)53)66-46-39(57)36(54)31(23-52)65-46/h6-20,30-33,35-40,42,46,52,54-57,62H,21-24H2,1-5H3,(H,51,59)/t30-,31+,32-,33+,35-,36-,37+,38+,39+,40-,42-,46?,48+,49-,50+/m0/s1. The molecule has 1 amide bonds. The number of rotatable bonds is 12. The Hall–Kier alpha value is -5.41. The number of ketones is 1. The van der Waals surface area contributed by atoms with Gasteiger partial charge in [0.05, 0.1) is 42.3 Å². The van der Waals surface area contributed by atoms with Gasteiger partial charge in [-0.1, -0.05) is 80.6 Å². The number of carbonyl (C=O) groups excluding carboxylic acids is 5. The number of aliphatic hydroxyl groups is 6. The number of aliphatic hydroxyl groups excluding tert-OH is 5. The maximum Gasteiger partial charge on any atom is 0.338 e. The van der Waals surface area contributed by atoms with E-state index in [1.807, 2.05) is 0 Å². The van der Waals surface area contributed by atoms with Gasteiger partial charge in [0.15, 0.2) is 23.8 Å². The molecule has 4 fully saturated rings. The van der Waals surface area contributed by atoms with Gasteiger partial charge in [-0.25, -0.2) is 9.59 Å². The molecule has 2 saturated carbocycles. The summed E-state index contributed by atoms with van der Waals surface area (Å²) in [6, 6.07) is 22.7. The second-order valence-corrected chi connectivity index (χ2v) is 19.1. The van der Waals surface area contributed by atoms with Crippen molar-refractivity contribution in [2.75, 3.05) is 13.2 Å². The lowest BCUT2D eigenvalue weighted by molar-refractivity contribution is -0.358. The van der Waals surface area contributed by atoms with Crippen LogP contribution in [0.25, 0.3) is 0 Å². The maximum absolute atomic E-state index is 15.7. The summed E-state index contributed by atoms with van der Waals surface area (Å²) >= 11 is 0. The Kier molecular flexibility index (Phi) is 13.3. The van der Waals surface area contributed by atoms with E-state index in [0.717, 1.165) is 6.92 Å². The fraction of sp³-hybridized carbons (Fsp3) is 0.500. The molecular formula is C50H57NO17. The summed E-state index contributed by atoms with van der Waals surface area (Å²) in [5.74, 6) is -6.29. The molecule has 364 valence electrons. The molecule has 5 aliphatic rings. The third-order valence-corrected chi connectivity index (χ3v) is 15.0. The molecule has 7 N–H and O–H groups in total. The highest BCUT2D eigenvalue weighted by atomic mass is 16.7. The smallest absolute Gasteiger partial charge is 0.338 e. The minimum atomic E-state index is -2.47. The summed E-state index contributed by atoms with van der Waals surface area (Å²) in [4.78, 5) is 71.3. The largest absolute Gasteiger partial charge is 0.456 e. The van der Waals surface area contributed by atoms with Gasteiger partial charge >= 0.3 is 17.9 Å². The zero-order chi connectivity index (χ0) is 49.1. The second kappa shape index (κ2) is 18.5. The van der Waals surface area contributed by atoms with Crippen LogP contribution in [0.15, 0.2) is 102 Å². The molecule has 15 atom stereocenters. The molecule has 18 nitrogen and oxygen atoms in total. The highest BCUT2D eigenvalue weighted by molar-refractivity contribution is 5.95. The van der Waals surface area contributed by atoms with Crippen molar-refractivity contribution in [3.63, 3.8) is 0 Å². The maximum atomic E-state index is 15.7. The first kappa shape index (κ1) is 49.0. The highest BCUT2D eigenvalue weighted by Gasteiger charge is 2.78. The molecule has 2 aliphatic heterocycles. The Morgan fingerprint density at radius 3 is 2.03 bits per heavy atom. The molecular weight excluding hydrogens is 887 g/mol. The molecule has 1 unspecified atom stereocenters. The van der Waals surface area contributed by atoms with E-state index in [-0.39, 0.29) is 35.3 Å². The van der Waals surface area contributed by atoms with Crippen molar-refractivity contribution in [1.29, 1.82) is 0 Å². The number of hydrogen-bond acceptors (Lipinski definition) is 17. The van der Waals surface area contributed by atoms with Gasteiger partial charge < -0.3 is 64.4 Å². The number of ether oxygens (including phenoxy) is 6. The lowest BCUT2D eigenvalue weighted by Gasteiger charge is -2.67. The SMILES string of the molecule is CC(=O)O[C@@]12CO[C@@H]1C[C@H](OC1O[C@H](CO)[C@H](O)[C@H]1O)[C@@]1(C)C(=O)[C@H](O)C3=C(C)[C@@H](OC(=O)[C@H](O)[C@@H](NC(=O)c4ccccc4)c4ccccc4)C[C@@](O)([C@@H](OC(=O)c4ccccc4)[C@H]21)C3(C)C. The number of Topliss-reactive ketones (excluding diaryl/α,β-unsaturated/α-hetero) is 1. The van der Waals surface area contributed by atoms with Gasteiger partial charge in [0.25, 0.3) is 5.91 Å². The summed E-state index contributed by atoms with van der Waals surface area (Å²) in [7, 11) is 0. The van der Waals surface area contributed by atoms with Crippen molar-refractivity contribution in [3.05, 3.63) is 119 Å². The van der Waals surface area contributed by atoms with Crippen LogP contribution in [0.5, 0.6) is 0 Å². The topological polar surface area (TPSA) is 274 Å². The summed E-state index contributed by atoms with van der Waals surface area (Å²) in [5, 5.41) is 72.6. The first-order valence-corrected chi connectivity index (χ1v) is 22.5. The van der Waals surface area contributed by atoms with Crippen molar-refractivity contribution in [2.24, 2.45) is 16.7 Å². The molecule has 68 heavy (non-hydrogen) atoms. The normalized spacial score (nSPS) is 35.8. The van der Waals surface area contributed by atoms with Gasteiger partial charge in [-0.3, -0.25) is 14.4 Å². The zero-order valence-corrected chi connectivity index (χ0v) is 38.1. The molecule has 0 spiro atoms. The van der Waals surface area contributed by atoms with Crippen LogP contribution in [0.1, 0.15) is 79.8 Å². The van der Waals surface area contributed by atoms with Crippen LogP contribution < -0.4 is 5.32 Å². The number of nitrogens with one attached hydrogen (secondary N) is 1. The molecule has 18 heteroatoms. The van der Waals surface area contributed by atoms with E-state index in [1.54, 1.807) is 78.9 Å². The predicted octanol–water partition coefficient (Wildman–Crippen LogP) is 1.63. The second-order valence-electron chi connectivity index (χ2n) is 19.1. The summed E-state index contributed by atoms with van der Waals surface area (Å²) in [6.07, 6.45) is -17.3. The Balaban J connectivity index is 1.26. The summed E-state index contributed by atoms with van der Waals surface area (Å²) < 4.78 is 36.8. The number of fused-ring (bicyclic) bond motifs is 5.